The molecule has 0 bridgehead atoms. The highest BCUT2D eigenvalue weighted by Gasteiger charge is 2.11. The maximum Gasteiger partial charge on any atom is 0.244 e. The van der Waals surface area contributed by atoms with E-state index in [1.54, 1.807) is 20.3 Å². The van der Waals surface area contributed by atoms with E-state index < -0.39 is 0 Å². The molecule has 0 aliphatic carbocycles. The summed E-state index contributed by atoms with van der Waals surface area (Å²) in [6.45, 7) is 1.94. The molecule has 2 aromatic carbocycles. The highest BCUT2D eigenvalue weighted by Crippen LogP contribution is 2.31. The van der Waals surface area contributed by atoms with Crippen molar-refractivity contribution in [1.29, 1.82) is 0 Å². The van der Waals surface area contributed by atoms with Crippen LogP contribution in [0.25, 0.3) is 6.08 Å². The van der Waals surface area contributed by atoms with E-state index in [4.69, 9.17) is 9.47 Å². The summed E-state index contributed by atoms with van der Waals surface area (Å²) in [5.74, 6) is 1.05. The summed E-state index contributed by atoms with van der Waals surface area (Å²) in [7, 11) is 3.15. The van der Waals surface area contributed by atoms with Gasteiger partial charge in [0.05, 0.1) is 20.3 Å². The molecule has 2 aromatic rings. The minimum atomic E-state index is -0.178. The third-order valence-corrected chi connectivity index (χ3v) is 4.30. The second kappa shape index (κ2) is 8.55. The Morgan fingerprint density at radius 3 is 2.54 bits per heavy atom. The third-order valence-electron chi connectivity index (χ3n) is 3.58. The molecule has 1 atom stereocenters. The fraction of sp³-hybridized carbons (Fsp3) is 0.211. The lowest BCUT2D eigenvalue weighted by molar-refractivity contribution is -0.117. The zero-order valence-corrected chi connectivity index (χ0v) is 15.5. The number of nitrogens with one attached hydrogen (secondary N) is 1. The van der Waals surface area contributed by atoms with Crippen molar-refractivity contribution in [3.8, 4) is 11.5 Å². The van der Waals surface area contributed by atoms with E-state index in [9.17, 15) is 4.79 Å². The molecule has 0 aromatic heterocycles. The average molecular weight is 390 g/mol. The van der Waals surface area contributed by atoms with Crippen molar-refractivity contribution < 1.29 is 14.3 Å². The van der Waals surface area contributed by atoms with Gasteiger partial charge in [-0.15, -0.1) is 0 Å². The van der Waals surface area contributed by atoms with Gasteiger partial charge in [0.15, 0.2) is 11.5 Å². The number of carbonyl (C=O) groups excluding carboxylic acids is 1. The first kappa shape index (κ1) is 18.1. The number of halogens is 1. The Kier molecular flexibility index (Phi) is 6.44. The van der Waals surface area contributed by atoms with E-state index in [0.29, 0.717) is 11.5 Å². The summed E-state index contributed by atoms with van der Waals surface area (Å²) >= 11 is 3.50. The fourth-order valence-electron chi connectivity index (χ4n) is 2.37. The van der Waals surface area contributed by atoms with Crippen molar-refractivity contribution >= 4 is 27.9 Å². The van der Waals surface area contributed by atoms with Crippen LogP contribution >= 0.6 is 15.9 Å². The molecule has 1 amide bonds. The summed E-state index contributed by atoms with van der Waals surface area (Å²) in [5, 5.41) is 2.95. The van der Waals surface area contributed by atoms with Crippen LogP contribution in [-0.4, -0.2) is 20.1 Å². The Hall–Kier alpha value is -2.27. The van der Waals surface area contributed by atoms with E-state index >= 15 is 0 Å². The molecular formula is C19H20BrNO3. The van der Waals surface area contributed by atoms with Gasteiger partial charge in [0.2, 0.25) is 5.91 Å². The van der Waals surface area contributed by atoms with Gasteiger partial charge < -0.3 is 14.8 Å². The van der Waals surface area contributed by atoms with E-state index in [0.717, 1.165) is 15.6 Å². The molecule has 2 rings (SSSR count). The first-order valence-corrected chi connectivity index (χ1v) is 8.30. The van der Waals surface area contributed by atoms with Gasteiger partial charge in [-0.1, -0.05) is 46.3 Å². The van der Waals surface area contributed by atoms with Gasteiger partial charge in [0.25, 0.3) is 0 Å². The SMILES string of the molecule is COc1cccc(/C=C/C(=O)N[C@H](C)c2ccccc2Br)c1OC. The molecule has 0 saturated heterocycles. The standard InChI is InChI=1S/C19H20BrNO3/c1-13(15-8-4-5-9-16(15)20)21-18(22)12-11-14-7-6-10-17(23-2)19(14)24-3/h4-13H,1-3H3,(H,21,22)/b12-11+/t13-/m1/s1. The number of methoxy groups -OCH3 is 2. The predicted octanol–water partition coefficient (Wildman–Crippen LogP) is 4.36. The number of rotatable bonds is 6. The lowest BCUT2D eigenvalue weighted by Gasteiger charge is -2.14. The zero-order valence-electron chi connectivity index (χ0n) is 13.9. The average Bonchev–Trinajstić information content (AvgIpc) is 2.59. The minimum absolute atomic E-state index is 0.107. The van der Waals surface area contributed by atoms with Gasteiger partial charge in [0, 0.05) is 16.1 Å². The predicted molar refractivity (Wildman–Crippen MR) is 99.3 cm³/mol. The Balaban J connectivity index is 2.10. The van der Waals surface area contributed by atoms with Gasteiger partial charge in [-0.05, 0) is 30.7 Å². The maximum atomic E-state index is 12.2. The van der Waals surface area contributed by atoms with E-state index in [-0.39, 0.29) is 11.9 Å². The quantitative estimate of drug-likeness (QED) is 0.746. The van der Waals surface area contributed by atoms with Crippen LogP contribution in [0.2, 0.25) is 0 Å². The Bertz CT molecular complexity index is 743. The largest absolute Gasteiger partial charge is 0.493 e. The number of carbonyl (C=O) groups is 1. The summed E-state index contributed by atoms with van der Waals surface area (Å²) in [6.07, 6.45) is 3.20. The number of ether oxygens (including phenoxy) is 2. The van der Waals surface area contributed by atoms with Crippen molar-refractivity contribution in [2.24, 2.45) is 0 Å². The van der Waals surface area contributed by atoms with Crippen LogP contribution in [0, 0.1) is 0 Å². The highest BCUT2D eigenvalue weighted by atomic mass is 79.9. The van der Waals surface area contributed by atoms with E-state index in [2.05, 4.69) is 21.2 Å². The Labute approximate surface area is 150 Å². The molecule has 0 radical (unpaired) electrons. The van der Waals surface area contributed by atoms with Gasteiger partial charge >= 0.3 is 0 Å². The van der Waals surface area contributed by atoms with Gasteiger partial charge in [-0.25, -0.2) is 0 Å². The summed E-state index contributed by atoms with van der Waals surface area (Å²) in [5.41, 5.74) is 1.80. The van der Waals surface area contributed by atoms with Crippen LogP contribution in [0.5, 0.6) is 11.5 Å². The highest BCUT2D eigenvalue weighted by molar-refractivity contribution is 9.10. The molecule has 0 unspecified atom stereocenters. The van der Waals surface area contributed by atoms with Crippen LogP contribution < -0.4 is 14.8 Å². The normalized spacial score (nSPS) is 12.0. The van der Waals surface area contributed by atoms with E-state index in [1.165, 1.54) is 6.08 Å². The van der Waals surface area contributed by atoms with Gasteiger partial charge in [-0.3, -0.25) is 4.79 Å². The Morgan fingerprint density at radius 1 is 1.12 bits per heavy atom. The first-order chi connectivity index (χ1) is 11.6. The lowest BCUT2D eigenvalue weighted by Crippen LogP contribution is -2.24. The molecule has 0 aliphatic rings. The molecule has 0 spiro atoms. The van der Waals surface area contributed by atoms with Crippen LogP contribution in [0.15, 0.2) is 53.0 Å². The molecule has 4 nitrogen and oxygen atoms in total. The second-order valence-corrected chi connectivity index (χ2v) is 6.02. The van der Waals surface area contributed by atoms with Crippen LogP contribution in [0.4, 0.5) is 0 Å². The number of hydrogen-bond acceptors (Lipinski definition) is 3. The second-order valence-electron chi connectivity index (χ2n) is 5.17. The number of benzene rings is 2. The number of amides is 1. The lowest BCUT2D eigenvalue weighted by atomic mass is 10.1. The van der Waals surface area contributed by atoms with Crippen molar-refractivity contribution in [1.82, 2.24) is 5.32 Å². The van der Waals surface area contributed by atoms with Crippen LogP contribution in [0.3, 0.4) is 0 Å². The fourth-order valence-corrected chi connectivity index (χ4v) is 3.00. The van der Waals surface area contributed by atoms with Crippen LogP contribution in [-0.2, 0) is 4.79 Å². The van der Waals surface area contributed by atoms with Crippen molar-refractivity contribution in [3.63, 3.8) is 0 Å². The smallest absolute Gasteiger partial charge is 0.244 e. The van der Waals surface area contributed by atoms with Crippen molar-refractivity contribution in [2.45, 2.75) is 13.0 Å². The Morgan fingerprint density at radius 2 is 1.88 bits per heavy atom. The summed E-state index contributed by atoms with van der Waals surface area (Å²) < 4.78 is 11.6. The molecule has 0 aliphatic heterocycles. The number of para-hydroxylation sites is 1. The molecule has 24 heavy (non-hydrogen) atoms. The molecule has 0 heterocycles. The zero-order chi connectivity index (χ0) is 17.5. The number of hydrogen-bond donors (Lipinski definition) is 1. The molecule has 126 valence electrons. The monoisotopic (exact) mass is 389 g/mol. The van der Waals surface area contributed by atoms with Crippen molar-refractivity contribution in [3.05, 3.63) is 64.1 Å². The topological polar surface area (TPSA) is 47.6 Å². The summed E-state index contributed by atoms with van der Waals surface area (Å²) in [4.78, 5) is 12.2. The molecule has 1 N–H and O–H groups in total. The molecule has 0 saturated carbocycles. The third kappa shape index (κ3) is 4.38. The molecule has 5 heteroatoms. The van der Waals surface area contributed by atoms with Crippen molar-refractivity contribution in [2.75, 3.05) is 14.2 Å². The molecule has 0 fully saturated rings. The molecular weight excluding hydrogens is 370 g/mol. The van der Waals surface area contributed by atoms with Crippen LogP contribution in [0.1, 0.15) is 24.1 Å². The summed E-state index contributed by atoms with van der Waals surface area (Å²) in [6, 6.07) is 13.2. The van der Waals surface area contributed by atoms with E-state index in [1.807, 2.05) is 49.4 Å². The van der Waals surface area contributed by atoms with Gasteiger partial charge in [0.1, 0.15) is 0 Å². The minimum Gasteiger partial charge on any atom is -0.493 e. The maximum absolute atomic E-state index is 12.2. The first-order valence-electron chi connectivity index (χ1n) is 7.50. The van der Waals surface area contributed by atoms with Gasteiger partial charge in [-0.2, -0.15) is 0 Å².